The molecular formula is C13H16ClNO2. The number of hydrogen-bond acceptors (Lipinski definition) is 2. The Morgan fingerprint density at radius 2 is 2.29 bits per heavy atom. The molecule has 0 aromatic heterocycles. The number of benzene rings is 1. The summed E-state index contributed by atoms with van der Waals surface area (Å²) in [6.07, 6.45) is 0.786. The molecule has 0 bridgehead atoms. The maximum atomic E-state index is 12.1. The van der Waals surface area contributed by atoms with Crippen molar-refractivity contribution in [3.05, 3.63) is 29.8 Å². The number of amides is 1. The van der Waals surface area contributed by atoms with Gasteiger partial charge in [-0.05, 0) is 25.0 Å². The van der Waals surface area contributed by atoms with Crippen LogP contribution in [0.2, 0.25) is 0 Å². The van der Waals surface area contributed by atoms with E-state index in [2.05, 4.69) is 5.32 Å². The van der Waals surface area contributed by atoms with Crippen molar-refractivity contribution in [2.75, 3.05) is 11.9 Å². The van der Waals surface area contributed by atoms with E-state index in [1.54, 1.807) is 0 Å². The molecule has 1 aliphatic heterocycles. The molecule has 1 N–H and O–H groups in total. The van der Waals surface area contributed by atoms with Crippen LogP contribution >= 0.6 is 11.6 Å². The lowest BCUT2D eigenvalue weighted by molar-refractivity contribution is -0.121. The minimum Gasteiger partial charge on any atom is -0.378 e. The lowest BCUT2D eigenvalue weighted by atomic mass is 10.0. The predicted octanol–water partition coefficient (Wildman–Crippen LogP) is 2.79. The number of carbonyl (C=O) groups excluding carboxylic acids is 1. The molecule has 1 fully saturated rings. The predicted molar refractivity (Wildman–Crippen MR) is 68.1 cm³/mol. The summed E-state index contributed by atoms with van der Waals surface area (Å²) in [5.74, 6) is 0.360. The molecule has 0 spiro atoms. The van der Waals surface area contributed by atoms with Gasteiger partial charge in [-0.15, -0.1) is 11.6 Å². The number of halogens is 1. The standard InChI is InChI=1S/C13H16ClNO2/c1-9-11(6-7-17-9)13(16)15-12-5-3-2-4-10(12)8-14/h2-5,9,11H,6-8H2,1H3,(H,15,16). The van der Waals surface area contributed by atoms with Gasteiger partial charge < -0.3 is 10.1 Å². The Kier molecular flexibility index (Phi) is 4.02. The fraction of sp³-hybridized carbons (Fsp3) is 0.462. The lowest BCUT2D eigenvalue weighted by Crippen LogP contribution is -2.28. The van der Waals surface area contributed by atoms with Crippen LogP contribution in [0.15, 0.2) is 24.3 Å². The van der Waals surface area contributed by atoms with Gasteiger partial charge in [-0.1, -0.05) is 18.2 Å². The highest BCUT2D eigenvalue weighted by molar-refractivity contribution is 6.17. The van der Waals surface area contributed by atoms with Crippen molar-refractivity contribution in [1.29, 1.82) is 0 Å². The monoisotopic (exact) mass is 253 g/mol. The molecule has 92 valence electrons. The van der Waals surface area contributed by atoms with Crippen LogP contribution in [0.25, 0.3) is 0 Å². The maximum Gasteiger partial charge on any atom is 0.230 e. The molecule has 1 heterocycles. The van der Waals surface area contributed by atoms with Gasteiger partial charge in [0.15, 0.2) is 0 Å². The Bertz CT molecular complexity index is 408. The average Bonchev–Trinajstić information content (AvgIpc) is 2.76. The molecule has 1 amide bonds. The highest BCUT2D eigenvalue weighted by Gasteiger charge is 2.30. The van der Waals surface area contributed by atoms with E-state index in [4.69, 9.17) is 16.3 Å². The number of hydrogen-bond donors (Lipinski definition) is 1. The molecule has 2 rings (SSSR count). The number of carbonyl (C=O) groups is 1. The van der Waals surface area contributed by atoms with E-state index in [9.17, 15) is 4.79 Å². The second-order valence-electron chi connectivity index (χ2n) is 4.25. The van der Waals surface area contributed by atoms with Crippen LogP contribution in [-0.4, -0.2) is 18.6 Å². The van der Waals surface area contributed by atoms with E-state index < -0.39 is 0 Å². The molecule has 1 aromatic carbocycles. The zero-order valence-electron chi connectivity index (χ0n) is 9.78. The van der Waals surface area contributed by atoms with Gasteiger partial charge in [-0.3, -0.25) is 4.79 Å². The molecule has 2 unspecified atom stereocenters. The van der Waals surface area contributed by atoms with Gasteiger partial charge in [0, 0.05) is 18.2 Å². The third kappa shape index (κ3) is 2.79. The summed E-state index contributed by atoms with van der Waals surface area (Å²) in [4.78, 5) is 12.1. The minimum atomic E-state index is -0.0571. The van der Waals surface area contributed by atoms with E-state index in [1.807, 2.05) is 31.2 Å². The molecule has 0 radical (unpaired) electrons. The quantitative estimate of drug-likeness (QED) is 0.842. The van der Waals surface area contributed by atoms with Crippen molar-refractivity contribution in [3.8, 4) is 0 Å². The van der Waals surface area contributed by atoms with Crippen molar-refractivity contribution in [2.45, 2.75) is 25.3 Å². The van der Waals surface area contributed by atoms with Crippen LogP contribution in [0.1, 0.15) is 18.9 Å². The Hall–Kier alpha value is -1.06. The normalized spacial score (nSPS) is 23.6. The van der Waals surface area contributed by atoms with Gasteiger partial charge in [0.1, 0.15) is 0 Å². The fourth-order valence-corrected chi connectivity index (χ4v) is 2.29. The summed E-state index contributed by atoms with van der Waals surface area (Å²) in [6.45, 7) is 2.60. The largest absolute Gasteiger partial charge is 0.378 e. The third-order valence-electron chi connectivity index (χ3n) is 3.13. The minimum absolute atomic E-state index is 0.00170. The average molecular weight is 254 g/mol. The summed E-state index contributed by atoms with van der Waals surface area (Å²) >= 11 is 5.83. The summed E-state index contributed by atoms with van der Waals surface area (Å²) in [6, 6.07) is 7.59. The number of nitrogens with one attached hydrogen (secondary N) is 1. The van der Waals surface area contributed by atoms with Crippen LogP contribution in [0, 0.1) is 5.92 Å². The molecule has 3 nitrogen and oxygen atoms in total. The molecule has 0 aliphatic carbocycles. The number of anilines is 1. The van der Waals surface area contributed by atoms with Gasteiger partial charge >= 0.3 is 0 Å². The van der Waals surface area contributed by atoms with Crippen LogP contribution in [0.5, 0.6) is 0 Å². The second kappa shape index (κ2) is 5.52. The first-order valence-corrected chi connectivity index (χ1v) is 6.32. The smallest absolute Gasteiger partial charge is 0.230 e. The van der Waals surface area contributed by atoms with Crippen molar-refractivity contribution in [3.63, 3.8) is 0 Å². The lowest BCUT2D eigenvalue weighted by Gasteiger charge is -2.15. The maximum absolute atomic E-state index is 12.1. The van der Waals surface area contributed by atoms with Gasteiger partial charge in [0.25, 0.3) is 0 Å². The first-order valence-electron chi connectivity index (χ1n) is 5.78. The Balaban J connectivity index is 2.07. The van der Waals surface area contributed by atoms with Gasteiger partial charge in [-0.2, -0.15) is 0 Å². The molecule has 1 saturated heterocycles. The fourth-order valence-electron chi connectivity index (χ4n) is 2.06. The summed E-state index contributed by atoms with van der Waals surface area (Å²) in [7, 11) is 0. The topological polar surface area (TPSA) is 38.3 Å². The van der Waals surface area contributed by atoms with Gasteiger partial charge in [-0.25, -0.2) is 0 Å². The van der Waals surface area contributed by atoms with Crippen LogP contribution in [-0.2, 0) is 15.4 Å². The van der Waals surface area contributed by atoms with E-state index in [0.717, 1.165) is 17.7 Å². The SMILES string of the molecule is CC1OCCC1C(=O)Nc1ccccc1CCl. The first kappa shape index (κ1) is 12.4. The van der Waals surface area contributed by atoms with Crippen molar-refractivity contribution < 1.29 is 9.53 Å². The van der Waals surface area contributed by atoms with E-state index in [1.165, 1.54) is 0 Å². The molecule has 4 heteroatoms. The van der Waals surface area contributed by atoms with Crippen molar-refractivity contribution in [2.24, 2.45) is 5.92 Å². The number of alkyl halides is 1. The van der Waals surface area contributed by atoms with Gasteiger partial charge in [0.2, 0.25) is 5.91 Å². The van der Waals surface area contributed by atoms with Crippen molar-refractivity contribution in [1.82, 2.24) is 0 Å². The molecule has 1 aliphatic rings. The Morgan fingerprint density at radius 3 is 2.94 bits per heavy atom. The Labute approximate surface area is 106 Å². The highest BCUT2D eigenvalue weighted by Crippen LogP contribution is 2.24. The van der Waals surface area contributed by atoms with Gasteiger partial charge in [0.05, 0.1) is 12.0 Å². The van der Waals surface area contributed by atoms with Crippen LogP contribution in [0.4, 0.5) is 5.69 Å². The summed E-state index contributed by atoms with van der Waals surface area (Å²) < 4.78 is 5.39. The molecule has 1 aromatic rings. The Morgan fingerprint density at radius 1 is 1.53 bits per heavy atom. The second-order valence-corrected chi connectivity index (χ2v) is 4.52. The molecule has 0 saturated carbocycles. The highest BCUT2D eigenvalue weighted by atomic mass is 35.5. The third-order valence-corrected chi connectivity index (χ3v) is 3.42. The number of ether oxygens (including phenoxy) is 1. The van der Waals surface area contributed by atoms with Crippen LogP contribution in [0.3, 0.4) is 0 Å². The van der Waals surface area contributed by atoms with E-state index in [-0.39, 0.29) is 17.9 Å². The summed E-state index contributed by atoms with van der Waals surface area (Å²) in [5.41, 5.74) is 1.74. The van der Waals surface area contributed by atoms with Crippen molar-refractivity contribution >= 4 is 23.2 Å². The zero-order valence-corrected chi connectivity index (χ0v) is 10.5. The molecular weight excluding hydrogens is 238 g/mol. The van der Waals surface area contributed by atoms with Crippen LogP contribution < -0.4 is 5.32 Å². The summed E-state index contributed by atoms with van der Waals surface area (Å²) in [5, 5.41) is 2.93. The first-order chi connectivity index (χ1) is 8.22. The van der Waals surface area contributed by atoms with E-state index in [0.29, 0.717) is 12.5 Å². The molecule has 2 atom stereocenters. The number of rotatable bonds is 3. The molecule has 17 heavy (non-hydrogen) atoms. The zero-order chi connectivity index (χ0) is 12.3. The number of para-hydroxylation sites is 1. The van der Waals surface area contributed by atoms with E-state index >= 15 is 0 Å².